The first-order chi connectivity index (χ1) is 11.9. The van der Waals surface area contributed by atoms with Crippen LogP contribution in [-0.4, -0.2) is 33.6 Å². The van der Waals surface area contributed by atoms with Crippen LogP contribution in [-0.2, 0) is 14.4 Å². The molecule has 1 heterocycles. The van der Waals surface area contributed by atoms with Gasteiger partial charge in [-0.15, -0.1) is 23.1 Å². The largest absolute Gasteiger partial charge is 0.478 e. The van der Waals surface area contributed by atoms with Crippen molar-refractivity contribution < 1.29 is 19.5 Å². The molecule has 0 atom stereocenters. The monoisotopic (exact) mass is 377 g/mol. The fourth-order valence-corrected chi connectivity index (χ4v) is 3.17. The molecule has 0 unspecified atom stereocenters. The quantitative estimate of drug-likeness (QED) is 0.506. The topological polar surface area (TPSA) is 108 Å². The second-order valence-electron chi connectivity index (χ2n) is 4.82. The van der Waals surface area contributed by atoms with Crippen molar-refractivity contribution in [3.05, 3.63) is 47.5 Å². The predicted octanol–water partition coefficient (Wildman–Crippen LogP) is 2.76. The summed E-state index contributed by atoms with van der Waals surface area (Å²) in [5, 5.41) is 16.2. The first kappa shape index (κ1) is 18.7. The number of aliphatic carboxylic acids is 1. The number of thiazole rings is 1. The van der Waals surface area contributed by atoms with Gasteiger partial charge in [-0.2, -0.15) is 0 Å². The van der Waals surface area contributed by atoms with Crippen molar-refractivity contribution in [3.63, 3.8) is 0 Å². The normalized spacial score (nSPS) is 10.6. The van der Waals surface area contributed by atoms with E-state index in [9.17, 15) is 14.4 Å². The summed E-state index contributed by atoms with van der Waals surface area (Å²) < 4.78 is 0. The molecule has 3 N–H and O–H groups in total. The van der Waals surface area contributed by atoms with E-state index in [4.69, 9.17) is 5.11 Å². The molecule has 130 valence electrons. The molecule has 1 aromatic carbocycles. The number of nitrogens with zero attached hydrogens (tertiary/aromatic N) is 1. The summed E-state index contributed by atoms with van der Waals surface area (Å²) in [6, 6.07) is 6.93. The molecule has 0 bridgehead atoms. The molecule has 0 aliphatic heterocycles. The van der Waals surface area contributed by atoms with E-state index in [-0.39, 0.29) is 11.7 Å². The maximum Gasteiger partial charge on any atom is 0.328 e. The lowest BCUT2D eigenvalue weighted by atomic mass is 10.3. The zero-order valence-electron chi connectivity index (χ0n) is 13.2. The number of carbonyl (C=O) groups is 3. The second kappa shape index (κ2) is 9.00. The lowest BCUT2D eigenvalue weighted by Gasteiger charge is -2.06. The van der Waals surface area contributed by atoms with Crippen LogP contribution in [0.1, 0.15) is 5.69 Å². The van der Waals surface area contributed by atoms with Crippen molar-refractivity contribution in [2.24, 2.45) is 0 Å². The van der Waals surface area contributed by atoms with Gasteiger partial charge in [0.1, 0.15) is 0 Å². The number of amides is 2. The van der Waals surface area contributed by atoms with Crippen LogP contribution in [0.4, 0.5) is 10.8 Å². The molecular formula is C16H15N3O4S2. The Morgan fingerprint density at radius 2 is 2.08 bits per heavy atom. The number of rotatable bonds is 7. The van der Waals surface area contributed by atoms with Gasteiger partial charge >= 0.3 is 5.97 Å². The third-order valence-electron chi connectivity index (χ3n) is 2.71. The van der Waals surface area contributed by atoms with Crippen LogP contribution in [0.3, 0.4) is 0 Å². The third kappa shape index (κ3) is 6.77. The number of anilines is 2. The summed E-state index contributed by atoms with van der Waals surface area (Å²) in [7, 11) is 0. The Bertz CT molecular complexity index is 817. The number of hydrogen-bond acceptors (Lipinski definition) is 6. The molecule has 2 aromatic rings. The van der Waals surface area contributed by atoms with Crippen molar-refractivity contribution in [2.45, 2.75) is 11.8 Å². The molecule has 1 aromatic heterocycles. The number of hydrogen-bond donors (Lipinski definition) is 3. The van der Waals surface area contributed by atoms with Crippen molar-refractivity contribution in [1.82, 2.24) is 4.98 Å². The predicted molar refractivity (Wildman–Crippen MR) is 98.1 cm³/mol. The number of carbonyl (C=O) groups excluding carboxylic acids is 2. The highest BCUT2D eigenvalue weighted by molar-refractivity contribution is 8.00. The number of nitrogens with one attached hydrogen (secondary N) is 2. The maximum atomic E-state index is 11.9. The second-order valence-corrected chi connectivity index (χ2v) is 6.73. The standard InChI is InChI=1S/C16H15N3O4S2/c1-10-8-25-16(17-10)19-14(21)9-24-12-4-2-3-11(7-12)18-13(20)5-6-15(22)23/h2-8H,9H2,1H3,(H,18,20)(H,22,23)(H,17,19,21)/b6-5+. The van der Waals surface area contributed by atoms with Crippen LogP contribution in [0, 0.1) is 6.92 Å². The number of carboxylic acid groups (broad SMARTS) is 1. The van der Waals surface area contributed by atoms with E-state index in [1.165, 1.54) is 23.1 Å². The van der Waals surface area contributed by atoms with Crippen LogP contribution < -0.4 is 10.6 Å². The van der Waals surface area contributed by atoms with Crippen LogP contribution in [0.2, 0.25) is 0 Å². The minimum atomic E-state index is -1.19. The minimum Gasteiger partial charge on any atom is -0.478 e. The highest BCUT2D eigenvalue weighted by atomic mass is 32.2. The van der Waals surface area contributed by atoms with Crippen LogP contribution in [0.25, 0.3) is 0 Å². The van der Waals surface area contributed by atoms with Gasteiger partial charge in [-0.25, -0.2) is 9.78 Å². The average molecular weight is 377 g/mol. The molecule has 0 spiro atoms. The Morgan fingerprint density at radius 1 is 1.28 bits per heavy atom. The summed E-state index contributed by atoms with van der Waals surface area (Å²) in [4.78, 5) is 38.8. The first-order valence-corrected chi connectivity index (χ1v) is 8.96. The van der Waals surface area contributed by atoms with E-state index in [0.29, 0.717) is 10.8 Å². The van der Waals surface area contributed by atoms with Gasteiger partial charge in [0.15, 0.2) is 5.13 Å². The van der Waals surface area contributed by atoms with Crippen LogP contribution in [0.5, 0.6) is 0 Å². The molecule has 0 saturated carbocycles. The molecule has 0 fully saturated rings. The minimum absolute atomic E-state index is 0.168. The van der Waals surface area contributed by atoms with Gasteiger partial charge < -0.3 is 15.7 Å². The Morgan fingerprint density at radius 3 is 2.76 bits per heavy atom. The van der Waals surface area contributed by atoms with Crippen molar-refractivity contribution in [1.29, 1.82) is 0 Å². The molecule has 2 rings (SSSR count). The first-order valence-electron chi connectivity index (χ1n) is 7.09. The molecule has 7 nitrogen and oxygen atoms in total. The van der Waals surface area contributed by atoms with E-state index in [1.54, 1.807) is 18.2 Å². The summed E-state index contributed by atoms with van der Waals surface area (Å²) in [6.07, 6.45) is 1.70. The molecule has 0 radical (unpaired) electrons. The summed E-state index contributed by atoms with van der Waals surface area (Å²) in [6.45, 7) is 1.85. The molecule has 9 heteroatoms. The van der Waals surface area contributed by atoms with Gasteiger partial charge in [-0.1, -0.05) is 6.07 Å². The zero-order chi connectivity index (χ0) is 18.2. The van der Waals surface area contributed by atoms with Gasteiger partial charge in [0.2, 0.25) is 11.8 Å². The van der Waals surface area contributed by atoms with Gasteiger partial charge in [-0.3, -0.25) is 9.59 Å². The third-order valence-corrected chi connectivity index (χ3v) is 4.58. The summed E-state index contributed by atoms with van der Waals surface area (Å²) >= 11 is 2.68. The number of carboxylic acids is 1. The number of aryl methyl sites for hydroxylation is 1. The summed E-state index contributed by atoms with van der Waals surface area (Å²) in [5.74, 6) is -1.70. The lowest BCUT2D eigenvalue weighted by Crippen LogP contribution is -2.13. The smallest absolute Gasteiger partial charge is 0.328 e. The molecule has 0 saturated heterocycles. The Kier molecular flexibility index (Phi) is 6.72. The van der Waals surface area contributed by atoms with Crippen molar-refractivity contribution in [2.75, 3.05) is 16.4 Å². The molecule has 0 aliphatic carbocycles. The van der Waals surface area contributed by atoms with Gasteiger partial charge in [0.25, 0.3) is 0 Å². The fourth-order valence-electron chi connectivity index (χ4n) is 1.71. The molecular weight excluding hydrogens is 362 g/mol. The van der Waals surface area contributed by atoms with Crippen molar-refractivity contribution >= 4 is 51.7 Å². The van der Waals surface area contributed by atoms with E-state index in [0.717, 1.165) is 22.7 Å². The van der Waals surface area contributed by atoms with Gasteiger partial charge in [0, 0.05) is 28.1 Å². The number of thioether (sulfide) groups is 1. The zero-order valence-corrected chi connectivity index (χ0v) is 14.8. The lowest BCUT2D eigenvalue weighted by molar-refractivity contribution is -0.131. The number of aromatic nitrogens is 1. The van der Waals surface area contributed by atoms with E-state index < -0.39 is 11.9 Å². The van der Waals surface area contributed by atoms with Gasteiger partial charge in [-0.05, 0) is 25.1 Å². The van der Waals surface area contributed by atoms with E-state index in [1.807, 2.05) is 18.4 Å². The highest BCUT2D eigenvalue weighted by Gasteiger charge is 2.07. The number of benzene rings is 1. The van der Waals surface area contributed by atoms with E-state index in [2.05, 4.69) is 15.6 Å². The SMILES string of the molecule is Cc1csc(NC(=O)CSc2cccc(NC(=O)/C=C/C(=O)O)c2)n1. The summed E-state index contributed by atoms with van der Waals surface area (Å²) in [5.41, 5.74) is 1.37. The molecule has 25 heavy (non-hydrogen) atoms. The highest BCUT2D eigenvalue weighted by Crippen LogP contribution is 2.22. The fraction of sp³-hybridized carbons (Fsp3) is 0.125. The molecule has 0 aliphatic rings. The Labute approximate surface area is 152 Å². The average Bonchev–Trinajstić information content (AvgIpc) is 2.96. The molecule has 2 amide bonds. The Balaban J connectivity index is 1.87. The van der Waals surface area contributed by atoms with E-state index >= 15 is 0 Å². The van der Waals surface area contributed by atoms with Crippen LogP contribution in [0.15, 0.2) is 46.7 Å². The van der Waals surface area contributed by atoms with Gasteiger partial charge in [0.05, 0.1) is 11.4 Å². The Hall–Kier alpha value is -2.65. The van der Waals surface area contributed by atoms with Crippen molar-refractivity contribution in [3.8, 4) is 0 Å². The van der Waals surface area contributed by atoms with Crippen LogP contribution >= 0.6 is 23.1 Å². The maximum absolute atomic E-state index is 11.9.